The largest absolute Gasteiger partial charge is 0.462 e. The van der Waals surface area contributed by atoms with Crippen molar-refractivity contribution in [3.8, 4) is 11.3 Å². The molecule has 2 aromatic carbocycles. The molecule has 0 saturated heterocycles. The van der Waals surface area contributed by atoms with Gasteiger partial charge in [0, 0.05) is 11.3 Å². The molecule has 0 spiro atoms. The second-order valence-electron chi connectivity index (χ2n) is 6.93. The summed E-state index contributed by atoms with van der Waals surface area (Å²) >= 11 is 1.07. The molecule has 3 rings (SSSR count). The first-order valence-electron chi connectivity index (χ1n) is 10.3. The Morgan fingerprint density at radius 3 is 2.47 bits per heavy atom. The fourth-order valence-electron chi connectivity index (χ4n) is 2.79. The number of nitrogens with one attached hydrogen (secondary N) is 2. The number of anilines is 1. The van der Waals surface area contributed by atoms with E-state index in [4.69, 9.17) is 4.74 Å². The highest BCUT2D eigenvalue weighted by atomic mass is 32.2. The molecule has 1 aromatic heterocycles. The number of benzene rings is 2. The van der Waals surface area contributed by atoms with Crippen LogP contribution in [0.4, 0.5) is 5.69 Å². The van der Waals surface area contributed by atoms with Crippen LogP contribution in [-0.2, 0) is 9.53 Å². The van der Waals surface area contributed by atoms with Crippen LogP contribution in [-0.4, -0.2) is 39.4 Å². The number of H-pyrrole nitrogens is 1. The first-order chi connectivity index (χ1) is 15.6. The van der Waals surface area contributed by atoms with Gasteiger partial charge in [-0.25, -0.2) is 4.79 Å². The highest BCUT2D eigenvalue weighted by Gasteiger charge is 2.11. The van der Waals surface area contributed by atoms with Crippen LogP contribution in [0.1, 0.15) is 36.5 Å². The van der Waals surface area contributed by atoms with Crippen LogP contribution in [0.5, 0.6) is 0 Å². The van der Waals surface area contributed by atoms with Crippen LogP contribution in [0.15, 0.2) is 64.5 Å². The predicted octanol–water partition coefficient (Wildman–Crippen LogP) is 3.91. The molecule has 2 N–H and O–H groups in total. The molecular weight excluding hydrogens is 428 g/mol. The van der Waals surface area contributed by atoms with Gasteiger partial charge in [-0.15, -0.1) is 10.2 Å². The Hall–Kier alpha value is -3.46. The van der Waals surface area contributed by atoms with Gasteiger partial charge in [0.15, 0.2) is 10.9 Å². The summed E-state index contributed by atoms with van der Waals surface area (Å²) in [6, 6.07) is 15.5. The van der Waals surface area contributed by atoms with Crippen LogP contribution in [0.2, 0.25) is 0 Å². The topological polar surface area (TPSA) is 114 Å². The summed E-state index contributed by atoms with van der Waals surface area (Å²) in [5.74, 6) is -0.619. The highest BCUT2D eigenvalue weighted by molar-refractivity contribution is 7.99. The van der Waals surface area contributed by atoms with E-state index in [-0.39, 0.29) is 34.0 Å². The van der Waals surface area contributed by atoms with E-state index in [1.807, 2.05) is 18.2 Å². The molecule has 3 aromatic rings. The third kappa shape index (κ3) is 6.78. The zero-order valence-electron chi connectivity index (χ0n) is 17.7. The minimum absolute atomic E-state index is 0.0382. The third-order valence-electron chi connectivity index (χ3n) is 4.45. The lowest BCUT2D eigenvalue weighted by molar-refractivity contribution is -0.113. The lowest BCUT2D eigenvalue weighted by Crippen LogP contribution is -2.17. The molecule has 0 fully saturated rings. The van der Waals surface area contributed by atoms with E-state index < -0.39 is 0 Å². The predicted molar refractivity (Wildman–Crippen MR) is 124 cm³/mol. The Balaban J connectivity index is 1.49. The minimum Gasteiger partial charge on any atom is -0.462 e. The van der Waals surface area contributed by atoms with Gasteiger partial charge in [-0.2, -0.15) is 0 Å². The van der Waals surface area contributed by atoms with Crippen molar-refractivity contribution >= 4 is 29.3 Å². The zero-order valence-corrected chi connectivity index (χ0v) is 18.5. The number of unbranched alkanes of at least 4 members (excludes halogenated alkanes) is 2. The molecule has 8 nitrogen and oxygen atoms in total. The number of hydrogen-bond donors (Lipinski definition) is 2. The van der Waals surface area contributed by atoms with Gasteiger partial charge in [0.05, 0.1) is 17.9 Å². The molecule has 0 aliphatic carbocycles. The Morgan fingerprint density at radius 1 is 1.03 bits per heavy atom. The maximum atomic E-state index is 12.3. The number of rotatable bonds is 10. The SMILES string of the molecule is CCCCCOC(=O)c1ccc(NC(=O)CSc2nnc(-c3ccccc3)c(=O)[nH]2)cc1. The van der Waals surface area contributed by atoms with Crippen molar-refractivity contribution in [2.24, 2.45) is 0 Å². The number of aromatic amines is 1. The van der Waals surface area contributed by atoms with Crippen LogP contribution < -0.4 is 10.9 Å². The Bertz CT molecular complexity index is 1100. The van der Waals surface area contributed by atoms with E-state index in [0.717, 1.165) is 31.0 Å². The summed E-state index contributed by atoms with van der Waals surface area (Å²) in [7, 11) is 0. The second kappa shape index (κ2) is 11.8. The van der Waals surface area contributed by atoms with Gasteiger partial charge in [-0.3, -0.25) is 14.6 Å². The molecule has 166 valence electrons. The minimum atomic E-state index is -0.379. The number of thioether (sulfide) groups is 1. The van der Waals surface area contributed by atoms with Gasteiger partial charge in [-0.1, -0.05) is 61.9 Å². The van der Waals surface area contributed by atoms with Gasteiger partial charge in [0.2, 0.25) is 5.91 Å². The molecule has 1 heterocycles. The van der Waals surface area contributed by atoms with Crippen molar-refractivity contribution in [3.63, 3.8) is 0 Å². The summed E-state index contributed by atoms with van der Waals surface area (Å²) in [4.78, 5) is 39.1. The standard InChI is InChI=1S/C23H24N4O4S/c1-2-3-7-14-31-22(30)17-10-12-18(13-11-17)24-19(28)15-32-23-25-21(29)20(26-27-23)16-8-5-4-6-9-16/h4-6,8-13H,2-3,7,14-15H2,1H3,(H,24,28)(H,25,27,29). The lowest BCUT2D eigenvalue weighted by Gasteiger charge is -2.07. The summed E-state index contributed by atoms with van der Waals surface area (Å²) in [6.07, 6.45) is 2.93. The third-order valence-corrected chi connectivity index (χ3v) is 5.31. The normalized spacial score (nSPS) is 10.5. The van der Waals surface area contributed by atoms with Gasteiger partial charge in [0.1, 0.15) is 0 Å². The molecule has 0 radical (unpaired) electrons. The molecule has 0 aliphatic rings. The van der Waals surface area contributed by atoms with E-state index in [0.29, 0.717) is 23.4 Å². The van der Waals surface area contributed by atoms with Gasteiger partial charge in [-0.05, 0) is 30.7 Å². The number of esters is 1. The number of carbonyl (C=O) groups is 2. The number of aromatic nitrogens is 3. The van der Waals surface area contributed by atoms with Gasteiger partial charge in [0.25, 0.3) is 5.56 Å². The fourth-order valence-corrected chi connectivity index (χ4v) is 3.40. The number of carbonyl (C=O) groups excluding carboxylic acids is 2. The number of amides is 1. The van der Waals surface area contributed by atoms with E-state index in [9.17, 15) is 14.4 Å². The van der Waals surface area contributed by atoms with Crippen LogP contribution in [0.25, 0.3) is 11.3 Å². The summed E-state index contributed by atoms with van der Waals surface area (Å²) in [6.45, 7) is 2.49. The van der Waals surface area contributed by atoms with E-state index >= 15 is 0 Å². The quantitative estimate of drug-likeness (QED) is 0.272. The number of ether oxygens (including phenoxy) is 1. The molecule has 32 heavy (non-hydrogen) atoms. The van der Waals surface area contributed by atoms with Crippen molar-refractivity contribution < 1.29 is 14.3 Å². The Labute approximate surface area is 189 Å². The van der Waals surface area contributed by atoms with Crippen molar-refractivity contribution in [2.75, 3.05) is 17.7 Å². The molecule has 0 unspecified atom stereocenters. The summed E-state index contributed by atoms with van der Waals surface area (Å²) < 4.78 is 5.21. The fraction of sp³-hybridized carbons (Fsp3) is 0.261. The highest BCUT2D eigenvalue weighted by Crippen LogP contribution is 2.16. The van der Waals surface area contributed by atoms with Crippen LogP contribution >= 0.6 is 11.8 Å². The lowest BCUT2D eigenvalue weighted by atomic mass is 10.2. The Morgan fingerprint density at radius 2 is 1.78 bits per heavy atom. The summed E-state index contributed by atoms with van der Waals surface area (Å²) in [5.41, 5.74) is 1.51. The first kappa shape index (κ1) is 23.2. The van der Waals surface area contributed by atoms with Gasteiger partial charge >= 0.3 is 5.97 Å². The summed E-state index contributed by atoms with van der Waals surface area (Å²) in [5, 5.41) is 11.0. The van der Waals surface area contributed by atoms with E-state index in [1.165, 1.54) is 0 Å². The van der Waals surface area contributed by atoms with Crippen molar-refractivity contribution in [3.05, 3.63) is 70.5 Å². The molecule has 0 bridgehead atoms. The van der Waals surface area contributed by atoms with Crippen LogP contribution in [0.3, 0.4) is 0 Å². The Kier molecular flexibility index (Phi) is 8.56. The monoisotopic (exact) mass is 452 g/mol. The maximum absolute atomic E-state index is 12.3. The molecule has 9 heteroatoms. The maximum Gasteiger partial charge on any atom is 0.338 e. The van der Waals surface area contributed by atoms with E-state index in [1.54, 1.807) is 36.4 Å². The molecule has 0 atom stereocenters. The smallest absolute Gasteiger partial charge is 0.338 e. The zero-order chi connectivity index (χ0) is 22.8. The average Bonchev–Trinajstić information content (AvgIpc) is 2.81. The molecule has 0 saturated carbocycles. The van der Waals surface area contributed by atoms with Crippen molar-refractivity contribution in [1.82, 2.24) is 15.2 Å². The van der Waals surface area contributed by atoms with Gasteiger partial charge < -0.3 is 10.1 Å². The van der Waals surface area contributed by atoms with E-state index in [2.05, 4.69) is 27.4 Å². The van der Waals surface area contributed by atoms with Crippen molar-refractivity contribution in [1.29, 1.82) is 0 Å². The molecular formula is C23H24N4O4S. The van der Waals surface area contributed by atoms with Crippen LogP contribution in [0, 0.1) is 0 Å². The first-order valence-corrected chi connectivity index (χ1v) is 11.3. The molecule has 1 amide bonds. The number of hydrogen-bond acceptors (Lipinski definition) is 7. The van der Waals surface area contributed by atoms with Crippen molar-refractivity contribution in [2.45, 2.75) is 31.3 Å². The number of nitrogens with zero attached hydrogens (tertiary/aromatic N) is 2. The second-order valence-corrected chi connectivity index (χ2v) is 7.90. The molecule has 0 aliphatic heterocycles. The average molecular weight is 453 g/mol.